The van der Waals surface area contributed by atoms with E-state index in [1.807, 2.05) is 0 Å². The van der Waals surface area contributed by atoms with Gasteiger partial charge in [0.2, 0.25) is 0 Å². The third-order valence-electron chi connectivity index (χ3n) is 2.21. The van der Waals surface area contributed by atoms with Crippen molar-refractivity contribution in [1.29, 1.82) is 5.26 Å². The van der Waals surface area contributed by atoms with Crippen LogP contribution in [0.5, 0.6) is 0 Å². The van der Waals surface area contributed by atoms with Gasteiger partial charge < -0.3 is 10.5 Å². The molecule has 0 aromatic heterocycles. The molecule has 2 N–H and O–H groups in total. The fourth-order valence-electron chi connectivity index (χ4n) is 1.53. The molecule has 3 heteroatoms. The summed E-state index contributed by atoms with van der Waals surface area (Å²) in [6.07, 6.45) is 4.98. The molecule has 0 heterocycles. The molecule has 0 spiro atoms. The molecule has 1 aliphatic carbocycles. The minimum Gasteiger partial charge on any atom is -0.378 e. The maximum atomic E-state index is 8.27. The molecule has 0 saturated heterocycles. The van der Waals surface area contributed by atoms with E-state index < -0.39 is 0 Å². The standard InChI is InChI=1S/C9H16N2O/c10-5-1-2-6-12-9-4-3-8(11)7-9/h8-9H,1-4,6-7,11H2. The van der Waals surface area contributed by atoms with Gasteiger partial charge in [0.1, 0.15) is 0 Å². The maximum absolute atomic E-state index is 8.27. The fourth-order valence-corrected chi connectivity index (χ4v) is 1.53. The lowest BCUT2D eigenvalue weighted by molar-refractivity contribution is 0.0565. The normalized spacial score (nSPS) is 28.7. The maximum Gasteiger partial charge on any atom is 0.0622 e. The molecule has 1 rings (SSSR count). The number of nitrogens with two attached hydrogens (primary N) is 1. The van der Waals surface area contributed by atoms with E-state index in [1.165, 1.54) is 0 Å². The van der Waals surface area contributed by atoms with Gasteiger partial charge in [0.05, 0.1) is 12.2 Å². The molecule has 2 unspecified atom stereocenters. The van der Waals surface area contributed by atoms with Crippen LogP contribution in [0.2, 0.25) is 0 Å². The van der Waals surface area contributed by atoms with Gasteiger partial charge in [0, 0.05) is 19.1 Å². The molecule has 3 nitrogen and oxygen atoms in total. The highest BCUT2D eigenvalue weighted by atomic mass is 16.5. The van der Waals surface area contributed by atoms with Crippen LogP contribution >= 0.6 is 0 Å². The summed E-state index contributed by atoms with van der Waals surface area (Å²) in [4.78, 5) is 0. The summed E-state index contributed by atoms with van der Waals surface area (Å²) >= 11 is 0. The van der Waals surface area contributed by atoms with Gasteiger partial charge in [-0.15, -0.1) is 0 Å². The summed E-state index contributed by atoms with van der Waals surface area (Å²) in [6, 6.07) is 2.44. The zero-order chi connectivity index (χ0) is 8.81. The van der Waals surface area contributed by atoms with Crippen molar-refractivity contribution >= 4 is 0 Å². The quantitative estimate of drug-likeness (QED) is 0.641. The lowest BCUT2D eigenvalue weighted by Gasteiger charge is -2.09. The highest BCUT2D eigenvalue weighted by Gasteiger charge is 2.21. The van der Waals surface area contributed by atoms with E-state index in [1.54, 1.807) is 0 Å². The second-order valence-corrected chi connectivity index (χ2v) is 3.33. The molecule has 1 fully saturated rings. The van der Waals surface area contributed by atoms with Gasteiger partial charge in [-0.2, -0.15) is 5.26 Å². The molecule has 12 heavy (non-hydrogen) atoms. The topological polar surface area (TPSA) is 59.0 Å². The van der Waals surface area contributed by atoms with Crippen molar-refractivity contribution in [2.24, 2.45) is 5.73 Å². The van der Waals surface area contributed by atoms with Crippen molar-refractivity contribution in [2.45, 2.75) is 44.2 Å². The van der Waals surface area contributed by atoms with Crippen LogP contribution in [0.4, 0.5) is 0 Å². The number of hydrogen-bond donors (Lipinski definition) is 1. The first-order valence-corrected chi connectivity index (χ1v) is 4.57. The number of rotatable bonds is 4. The average Bonchev–Trinajstić information content (AvgIpc) is 2.45. The van der Waals surface area contributed by atoms with E-state index in [2.05, 4.69) is 6.07 Å². The van der Waals surface area contributed by atoms with Gasteiger partial charge in [-0.3, -0.25) is 0 Å². The molecule has 68 valence electrons. The van der Waals surface area contributed by atoms with Crippen LogP contribution in [0.1, 0.15) is 32.1 Å². The van der Waals surface area contributed by atoms with Crippen LogP contribution in [0.15, 0.2) is 0 Å². The molecule has 0 amide bonds. The number of nitrogens with zero attached hydrogens (tertiary/aromatic N) is 1. The average molecular weight is 168 g/mol. The molecule has 0 bridgehead atoms. The summed E-state index contributed by atoms with van der Waals surface area (Å²) in [5.41, 5.74) is 5.72. The van der Waals surface area contributed by atoms with Crippen LogP contribution < -0.4 is 5.73 Å². The molecule has 0 aromatic carbocycles. The van der Waals surface area contributed by atoms with E-state index in [9.17, 15) is 0 Å². The molecule has 1 saturated carbocycles. The van der Waals surface area contributed by atoms with Crippen molar-refractivity contribution < 1.29 is 4.74 Å². The van der Waals surface area contributed by atoms with E-state index >= 15 is 0 Å². The summed E-state index contributed by atoms with van der Waals surface area (Å²) < 4.78 is 5.54. The fraction of sp³-hybridized carbons (Fsp3) is 0.889. The van der Waals surface area contributed by atoms with Gasteiger partial charge in [-0.1, -0.05) is 0 Å². The Kier molecular flexibility index (Phi) is 4.06. The molecular formula is C9H16N2O. The van der Waals surface area contributed by atoms with Crippen molar-refractivity contribution in [3.63, 3.8) is 0 Å². The summed E-state index contributed by atoms with van der Waals surface area (Å²) in [6.45, 7) is 0.713. The highest BCUT2D eigenvalue weighted by molar-refractivity contribution is 4.78. The summed E-state index contributed by atoms with van der Waals surface area (Å²) in [7, 11) is 0. The lowest BCUT2D eigenvalue weighted by Crippen LogP contribution is -2.17. The van der Waals surface area contributed by atoms with E-state index in [4.69, 9.17) is 15.7 Å². The molecule has 0 aromatic rings. The Balaban J connectivity index is 1.97. The Labute approximate surface area is 73.5 Å². The first-order valence-electron chi connectivity index (χ1n) is 4.57. The van der Waals surface area contributed by atoms with Crippen LogP contribution in [-0.4, -0.2) is 18.8 Å². The third kappa shape index (κ3) is 3.21. The molecular weight excluding hydrogens is 152 g/mol. The Morgan fingerprint density at radius 1 is 1.50 bits per heavy atom. The Bertz CT molecular complexity index is 164. The van der Waals surface area contributed by atoms with Gasteiger partial charge in [0.25, 0.3) is 0 Å². The van der Waals surface area contributed by atoms with Gasteiger partial charge in [-0.25, -0.2) is 0 Å². The van der Waals surface area contributed by atoms with Gasteiger partial charge >= 0.3 is 0 Å². The summed E-state index contributed by atoms with van der Waals surface area (Å²) in [5.74, 6) is 0. The lowest BCUT2D eigenvalue weighted by atomic mass is 10.3. The smallest absolute Gasteiger partial charge is 0.0622 e. The van der Waals surface area contributed by atoms with E-state index in [0.717, 1.165) is 25.7 Å². The predicted molar refractivity (Wildman–Crippen MR) is 46.4 cm³/mol. The van der Waals surface area contributed by atoms with Crippen molar-refractivity contribution in [3.8, 4) is 6.07 Å². The zero-order valence-corrected chi connectivity index (χ0v) is 7.33. The van der Waals surface area contributed by atoms with Crippen molar-refractivity contribution in [2.75, 3.05) is 6.61 Å². The molecule has 2 atom stereocenters. The minimum atomic E-state index is 0.339. The third-order valence-corrected chi connectivity index (χ3v) is 2.21. The Morgan fingerprint density at radius 3 is 2.92 bits per heavy atom. The van der Waals surface area contributed by atoms with Crippen LogP contribution in [0, 0.1) is 11.3 Å². The Morgan fingerprint density at radius 2 is 2.33 bits per heavy atom. The van der Waals surface area contributed by atoms with Crippen LogP contribution in [0.25, 0.3) is 0 Å². The number of unbranched alkanes of at least 4 members (excludes halogenated alkanes) is 1. The number of hydrogen-bond acceptors (Lipinski definition) is 3. The highest BCUT2D eigenvalue weighted by Crippen LogP contribution is 2.20. The second-order valence-electron chi connectivity index (χ2n) is 3.33. The first kappa shape index (κ1) is 9.50. The molecule has 0 aliphatic heterocycles. The predicted octanol–water partition coefficient (Wildman–Crippen LogP) is 1.19. The second kappa shape index (κ2) is 5.13. The van der Waals surface area contributed by atoms with Crippen LogP contribution in [-0.2, 0) is 4.74 Å². The van der Waals surface area contributed by atoms with E-state index in [0.29, 0.717) is 25.2 Å². The Hall–Kier alpha value is -0.590. The number of nitriles is 1. The van der Waals surface area contributed by atoms with E-state index in [-0.39, 0.29) is 0 Å². The van der Waals surface area contributed by atoms with Crippen molar-refractivity contribution in [3.05, 3.63) is 0 Å². The number of ether oxygens (including phenoxy) is 1. The SMILES string of the molecule is N#CCCCOC1CCC(N)C1. The van der Waals surface area contributed by atoms with Gasteiger partial charge in [0.15, 0.2) is 0 Å². The first-order chi connectivity index (χ1) is 5.83. The zero-order valence-electron chi connectivity index (χ0n) is 7.33. The molecule has 0 radical (unpaired) electrons. The monoisotopic (exact) mass is 168 g/mol. The minimum absolute atomic E-state index is 0.339. The van der Waals surface area contributed by atoms with Gasteiger partial charge in [-0.05, 0) is 25.7 Å². The largest absolute Gasteiger partial charge is 0.378 e. The van der Waals surface area contributed by atoms with Crippen molar-refractivity contribution in [1.82, 2.24) is 0 Å². The summed E-state index contributed by atoms with van der Waals surface area (Å²) in [5, 5.41) is 8.27. The van der Waals surface area contributed by atoms with Crippen LogP contribution in [0.3, 0.4) is 0 Å². The molecule has 1 aliphatic rings.